The Morgan fingerprint density at radius 1 is 1.15 bits per heavy atom. The summed E-state index contributed by atoms with van der Waals surface area (Å²) in [7, 11) is -1.93. The van der Waals surface area contributed by atoms with E-state index in [-0.39, 0.29) is 19.0 Å². The number of nitrogens with zero attached hydrogens (tertiary/aromatic N) is 1. The Labute approximate surface area is 154 Å². The van der Waals surface area contributed by atoms with E-state index in [1.165, 1.54) is 11.4 Å². The van der Waals surface area contributed by atoms with Gasteiger partial charge in [-0.1, -0.05) is 23.8 Å². The quantitative estimate of drug-likeness (QED) is 0.806. The fraction of sp³-hybridized carbons (Fsp3) is 0.316. The molecule has 0 heterocycles. The van der Waals surface area contributed by atoms with Gasteiger partial charge in [0.2, 0.25) is 10.0 Å². The van der Waals surface area contributed by atoms with E-state index in [9.17, 15) is 13.2 Å². The molecule has 0 aromatic heterocycles. The lowest BCUT2D eigenvalue weighted by Gasteiger charge is -2.24. The summed E-state index contributed by atoms with van der Waals surface area (Å²) in [5, 5.41) is 2.75. The molecule has 2 aromatic carbocycles. The van der Waals surface area contributed by atoms with Crippen molar-refractivity contribution in [3.8, 4) is 5.75 Å². The first-order chi connectivity index (χ1) is 12.2. The third kappa shape index (κ3) is 4.98. The summed E-state index contributed by atoms with van der Waals surface area (Å²) in [4.78, 5) is 12.3. The van der Waals surface area contributed by atoms with Gasteiger partial charge < -0.3 is 10.1 Å². The molecular formula is C19H24N2O4S. The van der Waals surface area contributed by atoms with Crippen molar-refractivity contribution in [2.45, 2.75) is 13.8 Å². The van der Waals surface area contributed by atoms with Crippen molar-refractivity contribution in [3.05, 3.63) is 59.2 Å². The van der Waals surface area contributed by atoms with Crippen molar-refractivity contribution in [3.63, 3.8) is 0 Å². The van der Waals surface area contributed by atoms with Gasteiger partial charge in [-0.3, -0.25) is 9.10 Å². The molecular weight excluding hydrogens is 352 g/mol. The van der Waals surface area contributed by atoms with E-state index < -0.39 is 10.0 Å². The maximum absolute atomic E-state index is 12.3. The van der Waals surface area contributed by atoms with E-state index >= 15 is 0 Å². The molecule has 0 fully saturated rings. The first-order valence-electron chi connectivity index (χ1n) is 8.19. The summed E-state index contributed by atoms with van der Waals surface area (Å²) in [5.41, 5.74) is 3.01. The number of methoxy groups -OCH3 is 1. The summed E-state index contributed by atoms with van der Waals surface area (Å²) < 4.78 is 30.8. The van der Waals surface area contributed by atoms with Crippen LogP contribution >= 0.6 is 0 Å². The fourth-order valence-corrected chi connectivity index (χ4v) is 3.67. The largest absolute Gasteiger partial charge is 0.497 e. The van der Waals surface area contributed by atoms with Crippen molar-refractivity contribution in [2.24, 2.45) is 0 Å². The number of nitrogens with one attached hydrogen (secondary N) is 1. The standard InChI is InChI=1S/C19H24N2O4S/c1-14-8-9-18(15(2)12-14)21(26(4,23)24)11-10-20-19(22)16-6-5-7-17(13-16)25-3/h5-9,12-13H,10-11H2,1-4H3,(H,20,22). The molecule has 0 spiro atoms. The average Bonchev–Trinajstić information content (AvgIpc) is 2.58. The Morgan fingerprint density at radius 3 is 2.50 bits per heavy atom. The second-order valence-corrected chi connectivity index (χ2v) is 8.02. The van der Waals surface area contributed by atoms with Crippen LogP contribution in [0.3, 0.4) is 0 Å². The Kier molecular flexibility index (Phi) is 6.26. The van der Waals surface area contributed by atoms with Crippen LogP contribution in [0.5, 0.6) is 5.75 Å². The van der Waals surface area contributed by atoms with Gasteiger partial charge in [-0.2, -0.15) is 0 Å². The summed E-state index contributed by atoms with van der Waals surface area (Å²) in [5.74, 6) is 0.309. The van der Waals surface area contributed by atoms with Gasteiger partial charge in [-0.25, -0.2) is 8.42 Å². The molecule has 140 valence electrons. The highest BCUT2D eigenvalue weighted by atomic mass is 32.2. The zero-order valence-electron chi connectivity index (χ0n) is 15.4. The van der Waals surface area contributed by atoms with Crippen molar-refractivity contribution < 1.29 is 17.9 Å². The predicted molar refractivity (Wildman–Crippen MR) is 103 cm³/mol. The summed E-state index contributed by atoms with van der Waals surface area (Å²) in [6, 6.07) is 12.4. The number of ether oxygens (including phenoxy) is 1. The van der Waals surface area contributed by atoms with E-state index in [1.54, 1.807) is 30.3 Å². The minimum absolute atomic E-state index is 0.151. The number of anilines is 1. The van der Waals surface area contributed by atoms with Crippen LogP contribution in [0.15, 0.2) is 42.5 Å². The highest BCUT2D eigenvalue weighted by molar-refractivity contribution is 7.92. The fourth-order valence-electron chi connectivity index (χ4n) is 2.69. The number of sulfonamides is 1. The van der Waals surface area contributed by atoms with Gasteiger partial charge in [0.05, 0.1) is 25.6 Å². The summed E-state index contributed by atoms with van der Waals surface area (Å²) >= 11 is 0. The normalized spacial score (nSPS) is 11.1. The van der Waals surface area contributed by atoms with Crippen molar-refractivity contribution >= 4 is 21.6 Å². The molecule has 0 aliphatic heterocycles. The minimum Gasteiger partial charge on any atom is -0.497 e. The summed E-state index contributed by atoms with van der Waals surface area (Å²) in [6.07, 6.45) is 1.16. The third-order valence-corrected chi connectivity index (χ3v) is 5.13. The molecule has 0 bridgehead atoms. The molecule has 0 saturated carbocycles. The van der Waals surface area contributed by atoms with Crippen LogP contribution in [0.1, 0.15) is 21.5 Å². The Morgan fingerprint density at radius 2 is 1.88 bits per heavy atom. The van der Waals surface area contributed by atoms with Crippen molar-refractivity contribution in [1.29, 1.82) is 0 Å². The molecule has 6 nitrogen and oxygen atoms in total. The molecule has 2 rings (SSSR count). The van der Waals surface area contributed by atoms with Gasteiger partial charge >= 0.3 is 0 Å². The number of amides is 1. The number of hydrogen-bond acceptors (Lipinski definition) is 4. The van der Waals surface area contributed by atoms with Crippen LogP contribution in [0.25, 0.3) is 0 Å². The van der Waals surface area contributed by atoms with Crippen LogP contribution in [-0.2, 0) is 10.0 Å². The molecule has 0 radical (unpaired) electrons. The number of benzene rings is 2. The second kappa shape index (κ2) is 8.23. The lowest BCUT2D eigenvalue weighted by molar-refractivity contribution is 0.0954. The molecule has 0 saturated heterocycles. The molecule has 1 amide bonds. The number of carbonyl (C=O) groups excluding carboxylic acids is 1. The topological polar surface area (TPSA) is 75.7 Å². The van der Waals surface area contributed by atoms with Crippen LogP contribution in [-0.4, -0.2) is 40.8 Å². The molecule has 0 atom stereocenters. The smallest absolute Gasteiger partial charge is 0.251 e. The Balaban J connectivity index is 2.09. The number of hydrogen-bond donors (Lipinski definition) is 1. The maximum Gasteiger partial charge on any atom is 0.251 e. The number of aryl methyl sites for hydroxylation is 2. The van der Waals surface area contributed by atoms with E-state index in [0.29, 0.717) is 17.0 Å². The molecule has 2 aromatic rings. The Hall–Kier alpha value is -2.54. The van der Waals surface area contributed by atoms with Gasteiger partial charge in [0, 0.05) is 12.1 Å². The number of rotatable bonds is 7. The highest BCUT2D eigenvalue weighted by Gasteiger charge is 2.19. The molecule has 0 unspecified atom stereocenters. The lowest BCUT2D eigenvalue weighted by atomic mass is 10.1. The maximum atomic E-state index is 12.3. The average molecular weight is 376 g/mol. The van der Waals surface area contributed by atoms with E-state index in [1.807, 2.05) is 26.0 Å². The molecule has 1 N–H and O–H groups in total. The van der Waals surface area contributed by atoms with Crippen LogP contribution < -0.4 is 14.4 Å². The van der Waals surface area contributed by atoms with E-state index in [4.69, 9.17) is 4.74 Å². The zero-order valence-corrected chi connectivity index (χ0v) is 16.3. The van der Waals surface area contributed by atoms with E-state index in [0.717, 1.165) is 17.4 Å². The molecule has 26 heavy (non-hydrogen) atoms. The first kappa shape index (κ1) is 19.8. The Bertz CT molecular complexity index is 894. The summed E-state index contributed by atoms with van der Waals surface area (Å²) in [6.45, 7) is 4.17. The first-order valence-corrected chi connectivity index (χ1v) is 10.0. The van der Waals surface area contributed by atoms with Gasteiger partial charge in [-0.15, -0.1) is 0 Å². The van der Waals surface area contributed by atoms with Gasteiger partial charge in [0.1, 0.15) is 5.75 Å². The van der Waals surface area contributed by atoms with Crippen molar-refractivity contribution in [1.82, 2.24) is 5.32 Å². The zero-order chi connectivity index (χ0) is 19.3. The van der Waals surface area contributed by atoms with Gasteiger partial charge in [-0.05, 0) is 43.7 Å². The minimum atomic E-state index is -3.46. The third-order valence-electron chi connectivity index (χ3n) is 3.95. The lowest BCUT2D eigenvalue weighted by Crippen LogP contribution is -2.38. The highest BCUT2D eigenvalue weighted by Crippen LogP contribution is 2.23. The van der Waals surface area contributed by atoms with Gasteiger partial charge in [0.25, 0.3) is 5.91 Å². The SMILES string of the molecule is COc1cccc(C(=O)NCCN(c2ccc(C)cc2C)S(C)(=O)=O)c1. The molecule has 0 aliphatic carbocycles. The monoisotopic (exact) mass is 376 g/mol. The molecule has 0 aliphatic rings. The van der Waals surface area contributed by atoms with E-state index in [2.05, 4.69) is 5.32 Å². The van der Waals surface area contributed by atoms with Crippen LogP contribution in [0, 0.1) is 13.8 Å². The van der Waals surface area contributed by atoms with Crippen LogP contribution in [0.4, 0.5) is 5.69 Å². The van der Waals surface area contributed by atoms with Gasteiger partial charge in [0.15, 0.2) is 0 Å². The van der Waals surface area contributed by atoms with Crippen LogP contribution in [0.2, 0.25) is 0 Å². The second-order valence-electron chi connectivity index (χ2n) is 6.11. The number of carbonyl (C=O) groups is 1. The van der Waals surface area contributed by atoms with Crippen molar-refractivity contribution in [2.75, 3.05) is 30.8 Å². The predicted octanol–water partition coefficient (Wildman–Crippen LogP) is 2.51. The molecule has 7 heteroatoms.